The number of fused-ring (bicyclic) bond motifs is 1. The van der Waals surface area contributed by atoms with Crippen molar-refractivity contribution in [2.75, 3.05) is 11.1 Å². The maximum Gasteiger partial charge on any atom is 0.237 e. The third kappa shape index (κ3) is 5.09. The van der Waals surface area contributed by atoms with Crippen LogP contribution in [0.3, 0.4) is 0 Å². The van der Waals surface area contributed by atoms with E-state index in [2.05, 4.69) is 28.2 Å². The topological polar surface area (TPSA) is 54.9 Å². The van der Waals surface area contributed by atoms with Crippen LogP contribution in [-0.2, 0) is 4.79 Å². The Kier molecular flexibility index (Phi) is 6.34. The van der Waals surface area contributed by atoms with E-state index in [1.807, 2.05) is 50.2 Å². The smallest absolute Gasteiger partial charge is 0.237 e. The molecule has 0 aliphatic heterocycles. The molecule has 0 unspecified atom stereocenters. The maximum atomic E-state index is 12.5. The highest BCUT2D eigenvalue weighted by atomic mass is 32.2. The summed E-state index contributed by atoms with van der Waals surface area (Å²) in [6.45, 7) is 7.75. The maximum absolute atomic E-state index is 12.5. The highest BCUT2D eigenvalue weighted by molar-refractivity contribution is 8.04. The number of hydrogen-bond donors (Lipinski definition) is 1. The summed E-state index contributed by atoms with van der Waals surface area (Å²) < 4.78 is 1.70. The zero-order valence-electron chi connectivity index (χ0n) is 14.6. The number of amides is 1. The number of anilines is 1. The minimum atomic E-state index is -0.256. The van der Waals surface area contributed by atoms with Gasteiger partial charge in [-0.25, -0.2) is 0 Å². The van der Waals surface area contributed by atoms with Gasteiger partial charge in [0.15, 0.2) is 8.68 Å². The van der Waals surface area contributed by atoms with Gasteiger partial charge in [0.2, 0.25) is 5.91 Å². The normalized spacial score (nSPS) is 12.1. The lowest BCUT2D eigenvalue weighted by Crippen LogP contribution is -2.22. The lowest BCUT2D eigenvalue weighted by Gasteiger charge is -2.11. The number of carbonyl (C=O) groups excluding carboxylic acids is 1. The number of carbonyl (C=O) groups is 1. The highest BCUT2D eigenvalue weighted by Gasteiger charge is 2.17. The van der Waals surface area contributed by atoms with Gasteiger partial charge in [0, 0.05) is 11.4 Å². The van der Waals surface area contributed by atoms with Gasteiger partial charge in [-0.15, -0.1) is 10.2 Å². The summed E-state index contributed by atoms with van der Waals surface area (Å²) in [6, 6.07) is 14.0. The van der Waals surface area contributed by atoms with Crippen molar-refractivity contribution in [3.05, 3.63) is 54.6 Å². The van der Waals surface area contributed by atoms with E-state index >= 15 is 0 Å². The number of aromatic nitrogens is 2. The molecule has 3 aromatic rings. The van der Waals surface area contributed by atoms with E-state index in [4.69, 9.17) is 0 Å². The highest BCUT2D eigenvalue weighted by Crippen LogP contribution is 2.32. The molecule has 1 heterocycles. The molecule has 1 atom stereocenters. The molecule has 3 rings (SSSR count). The summed E-state index contributed by atoms with van der Waals surface area (Å²) in [6.07, 6.45) is 0. The minimum Gasteiger partial charge on any atom is -0.325 e. The van der Waals surface area contributed by atoms with E-state index in [-0.39, 0.29) is 11.2 Å². The number of benzene rings is 2. The third-order valence-corrected chi connectivity index (χ3v) is 6.97. The fourth-order valence-corrected chi connectivity index (χ4v) is 5.21. The summed E-state index contributed by atoms with van der Waals surface area (Å²) in [5.41, 5.74) is 1.90. The van der Waals surface area contributed by atoms with Gasteiger partial charge in [-0.1, -0.05) is 77.3 Å². The van der Waals surface area contributed by atoms with Crippen molar-refractivity contribution in [1.82, 2.24) is 10.2 Å². The third-order valence-electron chi connectivity index (χ3n) is 3.49. The zero-order chi connectivity index (χ0) is 18.5. The molecule has 1 N–H and O–H groups in total. The number of nitrogens with zero attached hydrogens (tertiary/aromatic N) is 2. The van der Waals surface area contributed by atoms with Gasteiger partial charge in [0.1, 0.15) is 0 Å². The summed E-state index contributed by atoms with van der Waals surface area (Å²) in [7, 11) is 0. The molecule has 0 spiro atoms. The van der Waals surface area contributed by atoms with Gasteiger partial charge in [-0.2, -0.15) is 0 Å². The van der Waals surface area contributed by atoms with E-state index in [0.717, 1.165) is 36.5 Å². The van der Waals surface area contributed by atoms with E-state index in [9.17, 15) is 4.79 Å². The van der Waals surface area contributed by atoms with Crippen LogP contribution in [-0.4, -0.2) is 27.1 Å². The molecule has 7 heteroatoms. The second-order valence-electron chi connectivity index (χ2n) is 5.89. The van der Waals surface area contributed by atoms with E-state index in [1.54, 1.807) is 11.8 Å². The van der Waals surface area contributed by atoms with Crippen molar-refractivity contribution in [2.24, 2.45) is 0 Å². The lowest BCUT2D eigenvalue weighted by molar-refractivity contribution is -0.115. The monoisotopic (exact) mass is 401 g/mol. The molecule has 1 aromatic heterocycles. The number of hydrogen-bond acceptors (Lipinski definition) is 6. The Balaban J connectivity index is 1.59. The quantitative estimate of drug-likeness (QED) is 0.420. The molecule has 0 saturated carbocycles. The van der Waals surface area contributed by atoms with Gasteiger partial charge in [-0.05, 0) is 36.8 Å². The molecule has 0 bridgehead atoms. The fourth-order valence-electron chi connectivity index (χ4n) is 2.20. The molecule has 0 aliphatic rings. The van der Waals surface area contributed by atoms with Crippen LogP contribution < -0.4 is 5.32 Å². The number of nitrogens with one attached hydrogen (secondary N) is 1. The Hall–Kier alpha value is -1.83. The fraction of sp³-hybridized carbons (Fsp3) is 0.211. The molecule has 0 aliphatic carbocycles. The van der Waals surface area contributed by atoms with Gasteiger partial charge in [-0.3, -0.25) is 4.79 Å². The van der Waals surface area contributed by atoms with E-state index in [0.29, 0.717) is 0 Å². The average Bonchev–Trinajstić information content (AvgIpc) is 3.07. The van der Waals surface area contributed by atoms with Crippen LogP contribution >= 0.6 is 34.9 Å². The van der Waals surface area contributed by atoms with Crippen molar-refractivity contribution in [2.45, 2.75) is 27.8 Å². The van der Waals surface area contributed by atoms with Gasteiger partial charge in [0.25, 0.3) is 0 Å². The predicted molar refractivity (Wildman–Crippen MR) is 113 cm³/mol. The van der Waals surface area contributed by atoms with Crippen LogP contribution in [0.5, 0.6) is 0 Å². The molecule has 0 radical (unpaired) electrons. The Morgan fingerprint density at radius 3 is 2.69 bits per heavy atom. The second-order valence-corrected chi connectivity index (χ2v) is 9.68. The summed E-state index contributed by atoms with van der Waals surface area (Å²) >= 11 is 4.56. The van der Waals surface area contributed by atoms with Crippen molar-refractivity contribution >= 4 is 57.2 Å². The molecule has 26 heavy (non-hydrogen) atoms. The van der Waals surface area contributed by atoms with Crippen molar-refractivity contribution in [3.8, 4) is 0 Å². The molecular weight excluding hydrogens is 382 g/mol. The molecule has 134 valence electrons. The Labute approximate surface area is 165 Å². The molecule has 4 nitrogen and oxygen atoms in total. The van der Waals surface area contributed by atoms with Crippen LogP contribution in [0.4, 0.5) is 5.69 Å². The van der Waals surface area contributed by atoms with Gasteiger partial charge >= 0.3 is 0 Å². The van der Waals surface area contributed by atoms with Crippen molar-refractivity contribution in [1.29, 1.82) is 0 Å². The van der Waals surface area contributed by atoms with Crippen molar-refractivity contribution < 1.29 is 4.79 Å². The van der Waals surface area contributed by atoms with E-state index in [1.165, 1.54) is 23.1 Å². The first-order valence-electron chi connectivity index (χ1n) is 8.08. The van der Waals surface area contributed by atoms with Crippen LogP contribution in [0.2, 0.25) is 0 Å². The first-order valence-corrected chi connectivity index (χ1v) is 10.8. The first kappa shape index (κ1) is 18.9. The summed E-state index contributed by atoms with van der Waals surface area (Å²) in [5.74, 6) is 0.786. The predicted octanol–water partition coefficient (Wildman–Crippen LogP) is 5.48. The molecular formula is C19H19N3OS3. The lowest BCUT2D eigenvalue weighted by atomic mass is 10.1. The molecule has 2 aromatic carbocycles. The van der Waals surface area contributed by atoms with Gasteiger partial charge in [0.05, 0.1) is 5.25 Å². The second kappa shape index (κ2) is 8.70. The first-order chi connectivity index (χ1) is 12.5. The van der Waals surface area contributed by atoms with Crippen LogP contribution in [0, 0.1) is 0 Å². The largest absolute Gasteiger partial charge is 0.325 e. The molecule has 0 fully saturated rings. The van der Waals surface area contributed by atoms with Crippen LogP contribution in [0.25, 0.3) is 10.8 Å². The minimum absolute atomic E-state index is 0.0448. The molecule has 1 amide bonds. The summed E-state index contributed by atoms with van der Waals surface area (Å²) in [4.78, 5) is 12.5. The summed E-state index contributed by atoms with van der Waals surface area (Å²) in [5, 5.41) is 13.3. The van der Waals surface area contributed by atoms with Crippen LogP contribution in [0.1, 0.15) is 13.8 Å². The van der Waals surface area contributed by atoms with Gasteiger partial charge < -0.3 is 5.32 Å². The Bertz CT molecular complexity index is 938. The average molecular weight is 402 g/mol. The zero-order valence-corrected chi connectivity index (χ0v) is 17.0. The number of thioether (sulfide) groups is 2. The Morgan fingerprint density at radius 2 is 1.92 bits per heavy atom. The van der Waals surface area contributed by atoms with E-state index < -0.39 is 0 Å². The van der Waals surface area contributed by atoms with Crippen molar-refractivity contribution in [3.63, 3.8) is 0 Å². The standard InChI is InChI=1S/C19H19N3OS3/c1-12(2)11-24-18-21-22-19(26-18)25-13(3)17(23)20-16-9-8-14-6-4-5-7-15(14)10-16/h4-10,13H,1,11H2,2-3H3,(H,20,23)/t13-/m0/s1. The SMILES string of the molecule is C=C(C)CSc1nnc(S[C@@H](C)C(=O)Nc2ccc3ccccc3c2)s1. The Morgan fingerprint density at radius 1 is 1.19 bits per heavy atom. The molecule has 0 saturated heterocycles. The number of rotatable bonds is 7. The van der Waals surface area contributed by atoms with Crippen LogP contribution in [0.15, 0.2) is 63.3 Å².